The predicted molar refractivity (Wildman–Crippen MR) is 116 cm³/mol. The molecule has 0 spiro atoms. The largest absolute Gasteiger partial charge is 0.444 e. The highest BCUT2D eigenvalue weighted by molar-refractivity contribution is 6.30. The van der Waals surface area contributed by atoms with Crippen molar-refractivity contribution in [2.45, 2.75) is 44.9 Å². The average Bonchev–Trinajstić information content (AvgIpc) is 3.10. The van der Waals surface area contributed by atoms with Crippen LogP contribution in [0, 0.1) is 0 Å². The van der Waals surface area contributed by atoms with Crippen molar-refractivity contribution in [2.75, 3.05) is 19.5 Å². The van der Waals surface area contributed by atoms with Gasteiger partial charge >= 0.3 is 6.09 Å². The molecule has 2 heterocycles. The lowest BCUT2D eigenvalue weighted by atomic mass is 10.0. The van der Waals surface area contributed by atoms with Crippen molar-refractivity contribution < 1.29 is 14.3 Å². The van der Waals surface area contributed by atoms with Crippen LogP contribution in [0.4, 0.5) is 4.79 Å². The quantitative estimate of drug-likeness (QED) is 0.638. The van der Waals surface area contributed by atoms with Gasteiger partial charge in [-0.25, -0.2) is 4.79 Å². The number of morpholine rings is 1. The number of alkyl halides is 1. The molecule has 0 radical (unpaired) electrons. The lowest BCUT2D eigenvalue weighted by Gasteiger charge is -2.39. The van der Waals surface area contributed by atoms with Crippen LogP contribution >= 0.6 is 23.2 Å². The summed E-state index contributed by atoms with van der Waals surface area (Å²) in [6.45, 7) is 6.44. The van der Waals surface area contributed by atoms with Gasteiger partial charge in [0.25, 0.3) is 0 Å². The summed E-state index contributed by atoms with van der Waals surface area (Å²) in [6, 6.07) is 9.46. The Balaban J connectivity index is 0.00000145. The summed E-state index contributed by atoms with van der Waals surface area (Å²) in [5, 5.41) is 5.11. The summed E-state index contributed by atoms with van der Waals surface area (Å²) >= 11 is 10.6. The van der Waals surface area contributed by atoms with Crippen LogP contribution in [0.2, 0.25) is 5.02 Å². The third kappa shape index (κ3) is 6.91. The molecule has 1 aliphatic rings. The molecule has 0 N–H and O–H groups in total. The monoisotopic (exact) mass is 441 g/mol. The normalized spacial score (nSPS) is 19.3. The minimum Gasteiger partial charge on any atom is -0.444 e. The topological polar surface area (TPSA) is 56.6 Å². The summed E-state index contributed by atoms with van der Waals surface area (Å²) in [7, 11) is 1.86. The maximum atomic E-state index is 12.9. The van der Waals surface area contributed by atoms with Gasteiger partial charge in [-0.15, -0.1) is 11.6 Å². The number of nitrogens with zero attached hydrogens (tertiary/aromatic N) is 3. The standard InChI is InChI=1S/C20H26ClN3O3.CH3Cl/c1-20(2,3)27-19(25)24-12-18(17-9-10-23(4)22-17)26-13-16(24)11-14-5-7-15(21)8-6-14;1-2/h5-10,16,18H,11-13H2,1-4H3;1H3. The molecular weight excluding hydrogens is 413 g/mol. The lowest BCUT2D eigenvalue weighted by Crippen LogP contribution is -2.52. The fourth-order valence-electron chi connectivity index (χ4n) is 3.09. The molecule has 3 rings (SSSR count). The van der Waals surface area contributed by atoms with E-state index < -0.39 is 5.60 Å². The van der Waals surface area contributed by atoms with E-state index >= 15 is 0 Å². The van der Waals surface area contributed by atoms with Crippen molar-refractivity contribution in [2.24, 2.45) is 7.05 Å². The van der Waals surface area contributed by atoms with Gasteiger partial charge in [0, 0.05) is 24.7 Å². The van der Waals surface area contributed by atoms with Gasteiger partial charge in [0.15, 0.2) is 0 Å². The molecule has 2 aromatic rings. The van der Waals surface area contributed by atoms with Crippen molar-refractivity contribution in [1.29, 1.82) is 0 Å². The first-order chi connectivity index (χ1) is 13.7. The first-order valence-electron chi connectivity index (χ1n) is 9.44. The van der Waals surface area contributed by atoms with Crippen LogP contribution in [0.15, 0.2) is 36.5 Å². The zero-order chi connectivity index (χ0) is 21.6. The zero-order valence-corrected chi connectivity index (χ0v) is 19.1. The van der Waals surface area contributed by atoms with Gasteiger partial charge in [-0.05, 0) is 51.0 Å². The van der Waals surface area contributed by atoms with E-state index in [1.165, 1.54) is 6.38 Å². The molecule has 160 valence electrons. The minimum atomic E-state index is -0.555. The van der Waals surface area contributed by atoms with Crippen molar-refractivity contribution in [3.8, 4) is 0 Å². The average molecular weight is 442 g/mol. The first-order valence-corrected chi connectivity index (χ1v) is 10.6. The molecule has 1 aliphatic heterocycles. The van der Waals surface area contributed by atoms with Gasteiger partial charge in [-0.2, -0.15) is 5.10 Å². The Kier molecular flexibility index (Phi) is 8.37. The van der Waals surface area contributed by atoms with Crippen LogP contribution in [0.25, 0.3) is 0 Å². The number of halogens is 2. The maximum absolute atomic E-state index is 12.9. The SMILES string of the molecule is CCl.Cn1ccc(C2CN(C(=O)OC(C)(C)C)C(Cc3ccc(Cl)cc3)CO2)n1. The van der Waals surface area contributed by atoms with Crippen LogP contribution < -0.4 is 0 Å². The van der Waals surface area contributed by atoms with Crippen molar-refractivity contribution in [3.05, 3.63) is 52.8 Å². The molecule has 0 saturated carbocycles. The first kappa shape index (κ1) is 23.5. The molecule has 2 unspecified atom stereocenters. The zero-order valence-electron chi connectivity index (χ0n) is 17.6. The van der Waals surface area contributed by atoms with Gasteiger partial charge < -0.3 is 9.47 Å². The maximum Gasteiger partial charge on any atom is 0.410 e. The number of carbonyl (C=O) groups excluding carboxylic acids is 1. The highest BCUT2D eigenvalue weighted by atomic mass is 35.5. The molecule has 1 aromatic carbocycles. The number of hydrogen-bond donors (Lipinski definition) is 0. The number of aromatic nitrogens is 2. The molecule has 0 aliphatic carbocycles. The van der Waals surface area contributed by atoms with E-state index in [4.69, 9.17) is 21.1 Å². The van der Waals surface area contributed by atoms with Crippen molar-refractivity contribution in [1.82, 2.24) is 14.7 Å². The third-order valence-electron chi connectivity index (χ3n) is 4.37. The molecule has 2 atom stereocenters. The number of carbonyl (C=O) groups is 1. The van der Waals surface area contributed by atoms with Gasteiger partial charge in [0.05, 0.1) is 24.9 Å². The van der Waals surface area contributed by atoms with E-state index in [0.717, 1.165) is 11.3 Å². The molecule has 29 heavy (non-hydrogen) atoms. The van der Waals surface area contributed by atoms with Crippen molar-refractivity contribution in [3.63, 3.8) is 0 Å². The lowest BCUT2D eigenvalue weighted by molar-refractivity contribution is -0.0724. The Bertz CT molecular complexity index is 787. The Morgan fingerprint density at radius 2 is 1.90 bits per heavy atom. The fourth-order valence-corrected chi connectivity index (χ4v) is 3.21. The van der Waals surface area contributed by atoms with E-state index in [9.17, 15) is 4.79 Å². The second-order valence-electron chi connectivity index (χ2n) is 7.85. The molecule has 1 saturated heterocycles. The molecule has 1 aromatic heterocycles. The number of benzene rings is 1. The van der Waals surface area contributed by atoms with E-state index in [0.29, 0.717) is 24.6 Å². The third-order valence-corrected chi connectivity index (χ3v) is 4.62. The van der Waals surface area contributed by atoms with Gasteiger partial charge in [0.2, 0.25) is 0 Å². The molecule has 0 bridgehead atoms. The molecule has 6 nitrogen and oxygen atoms in total. The van der Waals surface area contributed by atoms with Crippen molar-refractivity contribution >= 4 is 29.3 Å². The van der Waals surface area contributed by atoms with E-state index in [-0.39, 0.29) is 18.2 Å². The van der Waals surface area contributed by atoms with Crippen LogP contribution in [-0.2, 0) is 22.9 Å². The molecule has 1 fully saturated rings. The Morgan fingerprint density at radius 1 is 1.24 bits per heavy atom. The molecule has 1 amide bonds. The number of amides is 1. The Hall–Kier alpha value is -1.76. The highest BCUT2D eigenvalue weighted by Gasteiger charge is 2.36. The summed E-state index contributed by atoms with van der Waals surface area (Å²) in [5.41, 5.74) is 1.36. The van der Waals surface area contributed by atoms with E-state index in [2.05, 4.69) is 16.7 Å². The second-order valence-corrected chi connectivity index (χ2v) is 8.29. The summed E-state index contributed by atoms with van der Waals surface area (Å²) in [4.78, 5) is 14.6. The summed E-state index contributed by atoms with van der Waals surface area (Å²) in [6.07, 6.45) is 3.42. The van der Waals surface area contributed by atoms with E-state index in [1.54, 1.807) is 9.58 Å². The van der Waals surface area contributed by atoms with Gasteiger partial charge in [-0.3, -0.25) is 9.58 Å². The van der Waals surface area contributed by atoms with Crippen LogP contribution in [0.1, 0.15) is 38.1 Å². The number of hydrogen-bond acceptors (Lipinski definition) is 4. The fraction of sp³-hybridized carbons (Fsp3) is 0.524. The van der Waals surface area contributed by atoms with Crippen LogP contribution in [0.3, 0.4) is 0 Å². The summed E-state index contributed by atoms with van der Waals surface area (Å²) in [5.74, 6) is 0. The second kappa shape index (κ2) is 10.3. The van der Waals surface area contributed by atoms with E-state index in [1.807, 2.05) is 64.3 Å². The van der Waals surface area contributed by atoms with Crippen LogP contribution in [0.5, 0.6) is 0 Å². The van der Waals surface area contributed by atoms with Gasteiger partial charge in [0.1, 0.15) is 11.7 Å². The number of aryl methyl sites for hydroxylation is 1. The Morgan fingerprint density at radius 3 is 2.45 bits per heavy atom. The summed E-state index contributed by atoms with van der Waals surface area (Å²) < 4.78 is 13.4. The molecule has 8 heteroatoms. The Labute approximate surface area is 182 Å². The van der Waals surface area contributed by atoms with Gasteiger partial charge in [-0.1, -0.05) is 23.7 Å². The predicted octanol–water partition coefficient (Wildman–Crippen LogP) is 4.85. The minimum absolute atomic E-state index is 0.110. The smallest absolute Gasteiger partial charge is 0.410 e. The highest BCUT2D eigenvalue weighted by Crippen LogP contribution is 2.27. The van der Waals surface area contributed by atoms with Crippen LogP contribution in [-0.4, -0.2) is 52.0 Å². The number of ether oxygens (including phenoxy) is 2. The molecular formula is C21H29Cl2N3O3. The number of rotatable bonds is 3.